The normalized spacial score (nSPS) is 27.1. The van der Waals surface area contributed by atoms with Crippen LogP contribution in [-0.4, -0.2) is 33.0 Å². The molecule has 0 radical (unpaired) electrons. The van der Waals surface area contributed by atoms with Gasteiger partial charge in [-0.3, -0.25) is 4.90 Å². The van der Waals surface area contributed by atoms with Gasteiger partial charge in [0.05, 0.1) is 5.69 Å². The third-order valence-electron chi connectivity index (χ3n) is 6.33. The lowest BCUT2D eigenvalue weighted by molar-refractivity contribution is 0.136. The van der Waals surface area contributed by atoms with Gasteiger partial charge in [-0.05, 0) is 30.9 Å². The quantitative estimate of drug-likeness (QED) is 0.801. The highest BCUT2D eigenvalue weighted by molar-refractivity contribution is 5.65. The van der Waals surface area contributed by atoms with Crippen LogP contribution in [0.5, 0.6) is 0 Å². The van der Waals surface area contributed by atoms with Gasteiger partial charge in [0.25, 0.3) is 0 Å². The predicted octanol–water partition coefficient (Wildman–Crippen LogP) is 3.39. The predicted molar refractivity (Wildman–Crippen MR) is 98.9 cm³/mol. The number of benzene rings is 1. The largest absolute Gasteiger partial charge is 0.327 e. The van der Waals surface area contributed by atoms with Crippen LogP contribution in [0.3, 0.4) is 0 Å². The first-order valence-corrected chi connectivity index (χ1v) is 9.76. The second-order valence-electron chi connectivity index (χ2n) is 8.00. The lowest BCUT2D eigenvalue weighted by atomic mass is 9.77. The number of fused-ring (bicyclic) bond motifs is 3. The second-order valence-corrected chi connectivity index (χ2v) is 8.00. The molecule has 3 aliphatic rings. The number of nitrogens with two attached hydrogens (primary N) is 1. The topological polar surface area (TPSA) is 59.4 Å². The Morgan fingerprint density at radius 2 is 1.86 bits per heavy atom. The number of hydrogen-bond donors (Lipinski definition) is 1. The number of hydrogen-bond acceptors (Lipinski definition) is 4. The van der Waals surface area contributed by atoms with Crippen molar-refractivity contribution in [2.45, 2.75) is 63.3 Å². The molecule has 8 heteroatoms. The molecule has 2 unspecified atom stereocenters. The Kier molecular flexibility index (Phi) is 4.28. The highest BCUT2D eigenvalue weighted by Crippen LogP contribution is 2.40. The van der Waals surface area contributed by atoms with Crippen molar-refractivity contribution in [1.82, 2.24) is 14.7 Å². The van der Waals surface area contributed by atoms with Crippen LogP contribution in [0.1, 0.15) is 48.4 Å². The molecular weight excluding hydrogens is 367 g/mol. The molecule has 1 aliphatic carbocycles. The lowest BCUT2D eigenvalue weighted by Gasteiger charge is -2.38. The summed E-state index contributed by atoms with van der Waals surface area (Å²) in [4.78, 5) is 6.87. The lowest BCUT2D eigenvalue weighted by Crippen LogP contribution is -2.44. The van der Waals surface area contributed by atoms with Gasteiger partial charge in [0.1, 0.15) is 5.82 Å². The van der Waals surface area contributed by atoms with Crippen LogP contribution < -0.4 is 5.73 Å². The van der Waals surface area contributed by atoms with Crippen LogP contribution in [0.25, 0.3) is 0 Å². The van der Waals surface area contributed by atoms with E-state index in [0.717, 1.165) is 50.1 Å². The van der Waals surface area contributed by atoms with E-state index in [4.69, 9.17) is 10.8 Å². The zero-order valence-corrected chi connectivity index (χ0v) is 15.4. The van der Waals surface area contributed by atoms with Crippen molar-refractivity contribution in [3.8, 4) is 0 Å². The fourth-order valence-corrected chi connectivity index (χ4v) is 4.89. The molecule has 0 amide bonds. The molecular formula is C20H22F3N5. The Morgan fingerprint density at radius 1 is 1.04 bits per heavy atom. The van der Waals surface area contributed by atoms with Gasteiger partial charge in [-0.1, -0.05) is 0 Å². The first-order chi connectivity index (χ1) is 13.5. The van der Waals surface area contributed by atoms with Crippen molar-refractivity contribution >= 4 is 12.0 Å². The Morgan fingerprint density at radius 3 is 2.68 bits per heavy atom. The van der Waals surface area contributed by atoms with Crippen LogP contribution in [0.4, 0.5) is 19.0 Å². The third kappa shape index (κ3) is 2.86. The van der Waals surface area contributed by atoms with E-state index in [1.54, 1.807) is 0 Å². The highest BCUT2D eigenvalue weighted by Gasteiger charge is 2.37. The third-order valence-corrected chi connectivity index (χ3v) is 6.33. The van der Waals surface area contributed by atoms with Crippen LogP contribution in [0.15, 0.2) is 17.1 Å². The van der Waals surface area contributed by atoms with E-state index >= 15 is 0 Å². The molecule has 148 valence electrons. The van der Waals surface area contributed by atoms with Gasteiger partial charge in [-0.2, -0.15) is 5.10 Å². The Bertz CT molecular complexity index is 954. The molecule has 3 heterocycles. The molecule has 1 aromatic carbocycles. The van der Waals surface area contributed by atoms with Crippen LogP contribution >= 0.6 is 0 Å². The molecule has 0 saturated heterocycles. The molecule has 2 N–H and O–H groups in total. The smallest absolute Gasteiger partial charge is 0.161 e. The SMILES string of the molecule is NC1CC(N2Cc3nn4c(c3C2)N=CCC4)CC[C@@H]1c1cc(F)c(F)cc1F. The molecule has 28 heavy (non-hydrogen) atoms. The standard InChI is InChI=1S/C20H22F3N5/c21-15-8-17(23)16(22)7-13(15)12-3-2-11(6-18(12)24)27-9-14-19(10-27)26-28-5-1-4-25-20(14)28/h4,7-8,11-12,18H,1-3,5-6,9-10,24H2/t11?,12-,18?/m1/s1. The van der Waals surface area contributed by atoms with E-state index in [9.17, 15) is 13.2 Å². The molecule has 5 rings (SSSR count). The number of aliphatic imine (C=N–C) groups is 1. The van der Waals surface area contributed by atoms with E-state index in [0.29, 0.717) is 18.9 Å². The summed E-state index contributed by atoms with van der Waals surface area (Å²) in [6.45, 7) is 2.44. The minimum absolute atomic E-state index is 0.185. The molecule has 1 saturated carbocycles. The van der Waals surface area contributed by atoms with E-state index in [2.05, 4.69) is 9.89 Å². The van der Waals surface area contributed by atoms with E-state index in [1.165, 1.54) is 5.56 Å². The second kappa shape index (κ2) is 6.70. The summed E-state index contributed by atoms with van der Waals surface area (Å²) < 4.78 is 43.0. The Hall–Kier alpha value is -2.19. The monoisotopic (exact) mass is 389 g/mol. The van der Waals surface area contributed by atoms with Gasteiger partial charge < -0.3 is 5.73 Å². The van der Waals surface area contributed by atoms with Gasteiger partial charge >= 0.3 is 0 Å². The van der Waals surface area contributed by atoms with Gasteiger partial charge in [0, 0.05) is 61.9 Å². The molecule has 2 aliphatic heterocycles. The summed E-state index contributed by atoms with van der Waals surface area (Å²) in [6.07, 6.45) is 5.02. The molecule has 1 aromatic heterocycles. The average molecular weight is 389 g/mol. The number of aryl methyl sites for hydroxylation is 1. The van der Waals surface area contributed by atoms with E-state index in [1.807, 2.05) is 10.9 Å². The van der Waals surface area contributed by atoms with Crippen molar-refractivity contribution in [2.75, 3.05) is 0 Å². The summed E-state index contributed by atoms with van der Waals surface area (Å²) >= 11 is 0. The van der Waals surface area contributed by atoms with Gasteiger partial charge in [0.15, 0.2) is 17.5 Å². The molecule has 5 nitrogen and oxygen atoms in total. The maximum Gasteiger partial charge on any atom is 0.161 e. The summed E-state index contributed by atoms with van der Waals surface area (Å²) in [5, 5.41) is 4.69. The van der Waals surface area contributed by atoms with Crippen molar-refractivity contribution in [1.29, 1.82) is 0 Å². The van der Waals surface area contributed by atoms with Crippen molar-refractivity contribution in [3.63, 3.8) is 0 Å². The van der Waals surface area contributed by atoms with Crippen molar-refractivity contribution in [3.05, 3.63) is 46.4 Å². The first-order valence-electron chi connectivity index (χ1n) is 9.76. The molecule has 3 atom stereocenters. The van der Waals surface area contributed by atoms with Gasteiger partial charge in [-0.25, -0.2) is 22.8 Å². The highest BCUT2D eigenvalue weighted by atomic mass is 19.2. The van der Waals surface area contributed by atoms with E-state index in [-0.39, 0.29) is 23.6 Å². The number of rotatable bonds is 2. The summed E-state index contributed by atoms with van der Waals surface area (Å²) in [7, 11) is 0. The Labute approximate surface area is 161 Å². The first kappa shape index (κ1) is 17.9. The van der Waals surface area contributed by atoms with Crippen LogP contribution in [0.2, 0.25) is 0 Å². The summed E-state index contributed by atoms with van der Waals surface area (Å²) in [5.41, 5.74) is 8.82. The van der Waals surface area contributed by atoms with Crippen molar-refractivity contribution < 1.29 is 13.2 Å². The average Bonchev–Trinajstić information content (AvgIpc) is 3.23. The minimum Gasteiger partial charge on any atom is -0.327 e. The summed E-state index contributed by atoms with van der Waals surface area (Å²) in [5.74, 6) is -2.24. The number of nitrogens with zero attached hydrogens (tertiary/aromatic N) is 4. The minimum atomic E-state index is -1.16. The Balaban J connectivity index is 1.30. The van der Waals surface area contributed by atoms with Gasteiger partial charge in [-0.15, -0.1) is 0 Å². The zero-order valence-electron chi connectivity index (χ0n) is 15.4. The molecule has 2 aromatic rings. The van der Waals surface area contributed by atoms with E-state index < -0.39 is 17.5 Å². The maximum absolute atomic E-state index is 14.2. The number of halogens is 3. The number of aromatic nitrogens is 2. The molecule has 1 fully saturated rings. The molecule has 0 spiro atoms. The van der Waals surface area contributed by atoms with Crippen LogP contribution in [-0.2, 0) is 19.6 Å². The van der Waals surface area contributed by atoms with Gasteiger partial charge in [0.2, 0.25) is 0 Å². The van der Waals surface area contributed by atoms with Crippen LogP contribution in [0, 0.1) is 17.5 Å². The van der Waals surface area contributed by atoms with Crippen molar-refractivity contribution in [2.24, 2.45) is 10.7 Å². The zero-order chi connectivity index (χ0) is 19.4. The fourth-order valence-electron chi connectivity index (χ4n) is 4.89. The fraction of sp³-hybridized carbons (Fsp3) is 0.500. The molecule has 0 bridgehead atoms. The maximum atomic E-state index is 14.2. The summed E-state index contributed by atoms with van der Waals surface area (Å²) in [6, 6.07) is 1.55.